The molecule has 2 heterocycles. The zero-order valence-electron chi connectivity index (χ0n) is 15.6. The Hall–Kier alpha value is -2.77. The van der Waals surface area contributed by atoms with E-state index in [-0.39, 0.29) is 11.3 Å². The molecule has 2 fully saturated rings. The zero-order valence-corrected chi connectivity index (χ0v) is 15.6. The molecule has 9 nitrogen and oxygen atoms in total. The summed E-state index contributed by atoms with van der Waals surface area (Å²) in [6.45, 7) is 3.82. The number of amides is 3. The van der Waals surface area contributed by atoms with Gasteiger partial charge in [0, 0.05) is 6.42 Å². The van der Waals surface area contributed by atoms with Gasteiger partial charge in [0.15, 0.2) is 0 Å². The summed E-state index contributed by atoms with van der Waals surface area (Å²) in [4.78, 5) is 49.4. The van der Waals surface area contributed by atoms with Crippen LogP contribution in [0.2, 0.25) is 0 Å². The number of halogens is 2. The molecule has 0 spiro atoms. The molecule has 0 aromatic rings. The maximum Gasteiger partial charge on any atom is 0.414 e. The lowest BCUT2D eigenvalue weighted by atomic mass is 10.0. The Balaban J connectivity index is 2.20. The van der Waals surface area contributed by atoms with E-state index in [1.54, 1.807) is 26.8 Å². The summed E-state index contributed by atoms with van der Waals surface area (Å²) in [5.74, 6) is -7.18. The fourth-order valence-electron chi connectivity index (χ4n) is 3.38. The second-order valence-electron chi connectivity index (χ2n) is 7.90. The smallest absolute Gasteiger partial charge is 0.414 e. The number of nitrogens with zero attached hydrogens (tertiary/aromatic N) is 3. The number of esters is 1. The van der Waals surface area contributed by atoms with Gasteiger partial charge in [-0.3, -0.25) is 14.4 Å². The van der Waals surface area contributed by atoms with Crippen molar-refractivity contribution in [3.8, 4) is 6.07 Å². The van der Waals surface area contributed by atoms with E-state index in [1.807, 2.05) is 0 Å². The predicted octanol–water partition coefficient (Wildman–Crippen LogP) is 1.37. The third-order valence-corrected chi connectivity index (χ3v) is 4.43. The largest absolute Gasteiger partial charge is 0.465 e. The van der Waals surface area contributed by atoms with Gasteiger partial charge in [0.25, 0.3) is 5.92 Å². The fourth-order valence-corrected chi connectivity index (χ4v) is 3.38. The normalized spacial score (nSPS) is 26.9. The van der Waals surface area contributed by atoms with Crippen molar-refractivity contribution in [2.24, 2.45) is 5.92 Å². The van der Waals surface area contributed by atoms with E-state index in [2.05, 4.69) is 0 Å². The van der Waals surface area contributed by atoms with Crippen molar-refractivity contribution in [1.82, 2.24) is 9.80 Å². The molecule has 0 bridgehead atoms. The summed E-state index contributed by atoms with van der Waals surface area (Å²) >= 11 is 0. The molecule has 28 heavy (non-hydrogen) atoms. The van der Waals surface area contributed by atoms with Crippen molar-refractivity contribution in [2.75, 3.05) is 6.54 Å². The van der Waals surface area contributed by atoms with E-state index in [0.717, 1.165) is 0 Å². The zero-order chi connectivity index (χ0) is 21.4. The second kappa shape index (κ2) is 7.33. The minimum atomic E-state index is -3.28. The van der Waals surface area contributed by atoms with Crippen molar-refractivity contribution >= 4 is 23.9 Å². The van der Waals surface area contributed by atoms with Crippen LogP contribution in [0.25, 0.3) is 0 Å². The first-order valence-electron chi connectivity index (χ1n) is 8.61. The molecule has 2 aliphatic heterocycles. The number of ether oxygens (including phenoxy) is 1. The molecule has 2 rings (SSSR count). The first-order chi connectivity index (χ1) is 12.8. The van der Waals surface area contributed by atoms with Gasteiger partial charge in [0.2, 0.25) is 11.8 Å². The van der Waals surface area contributed by atoms with Crippen molar-refractivity contribution in [3.63, 3.8) is 0 Å². The molecule has 2 aliphatic rings. The summed E-state index contributed by atoms with van der Waals surface area (Å²) in [6, 6.07) is -1.39. The van der Waals surface area contributed by atoms with Crippen LogP contribution in [0.1, 0.15) is 40.0 Å². The molecule has 0 aliphatic carbocycles. The van der Waals surface area contributed by atoms with Crippen LogP contribution in [0, 0.1) is 17.2 Å². The van der Waals surface area contributed by atoms with E-state index in [1.165, 1.54) is 0 Å². The van der Waals surface area contributed by atoms with Gasteiger partial charge < -0.3 is 14.7 Å². The number of rotatable bonds is 3. The highest BCUT2D eigenvalue weighted by Gasteiger charge is 2.54. The number of hydrogen-bond donors (Lipinski definition) is 1. The molecule has 0 aromatic carbocycles. The molecule has 11 heteroatoms. The van der Waals surface area contributed by atoms with Crippen molar-refractivity contribution in [1.29, 1.82) is 5.26 Å². The Morgan fingerprint density at radius 2 is 1.96 bits per heavy atom. The molecular weight excluding hydrogens is 380 g/mol. The van der Waals surface area contributed by atoms with Crippen LogP contribution in [-0.2, 0) is 19.1 Å². The second-order valence-corrected chi connectivity index (χ2v) is 7.90. The maximum atomic E-state index is 13.6. The number of carboxylic acid groups (broad SMARTS) is 1. The van der Waals surface area contributed by atoms with E-state index in [9.17, 15) is 33.1 Å². The molecule has 0 saturated carbocycles. The Labute approximate surface area is 159 Å². The van der Waals surface area contributed by atoms with Crippen LogP contribution in [0.3, 0.4) is 0 Å². The summed E-state index contributed by atoms with van der Waals surface area (Å²) in [5.41, 5.74) is -0.818. The quantitative estimate of drug-likeness (QED) is 0.707. The molecule has 0 radical (unpaired) electrons. The lowest BCUT2D eigenvalue weighted by Gasteiger charge is -2.26. The number of carbonyl (C=O) groups is 4. The maximum absolute atomic E-state index is 13.6. The first kappa shape index (κ1) is 21.5. The predicted molar refractivity (Wildman–Crippen MR) is 87.9 cm³/mol. The number of alkyl halides is 2. The molecule has 3 amide bonds. The van der Waals surface area contributed by atoms with Gasteiger partial charge in [-0.2, -0.15) is 5.26 Å². The first-order valence-corrected chi connectivity index (χ1v) is 8.61. The fraction of sp³-hybridized carbons (Fsp3) is 0.706. The average Bonchev–Trinajstić information content (AvgIpc) is 3.01. The Morgan fingerprint density at radius 1 is 1.36 bits per heavy atom. The molecule has 2 saturated heterocycles. The molecule has 0 aromatic heterocycles. The third-order valence-electron chi connectivity index (χ3n) is 4.43. The highest BCUT2D eigenvalue weighted by Crippen LogP contribution is 2.35. The standard InChI is InChI=1S/C17H21F2N3O6/c1-16(2,3)28-12(23)5-9-4-11(22(13(9)24)15(26)27)14(25)21-8-17(18,19)6-10(21)7-20/h9-11H,4-6,8H2,1-3H3,(H,26,27)/t9-,10-,11-/m0/s1. The number of likely N-dealkylation sites (tertiary alicyclic amines) is 2. The Kier molecular flexibility index (Phi) is 5.64. The van der Waals surface area contributed by atoms with Gasteiger partial charge in [0.05, 0.1) is 25.0 Å². The lowest BCUT2D eigenvalue weighted by Crippen LogP contribution is -2.50. The highest BCUT2D eigenvalue weighted by molar-refractivity contribution is 6.02. The monoisotopic (exact) mass is 401 g/mol. The van der Waals surface area contributed by atoms with Crippen LogP contribution in [0.4, 0.5) is 13.6 Å². The minimum Gasteiger partial charge on any atom is -0.465 e. The number of nitriles is 1. The summed E-state index contributed by atoms with van der Waals surface area (Å²) < 4.78 is 32.3. The van der Waals surface area contributed by atoms with E-state index >= 15 is 0 Å². The topological polar surface area (TPSA) is 128 Å². The Bertz CT molecular complexity index is 742. The van der Waals surface area contributed by atoms with Crippen LogP contribution in [0.15, 0.2) is 0 Å². The summed E-state index contributed by atoms with van der Waals surface area (Å²) in [5, 5.41) is 18.3. The van der Waals surface area contributed by atoms with Crippen molar-refractivity contribution in [2.45, 2.75) is 63.6 Å². The number of hydrogen-bond acceptors (Lipinski definition) is 6. The van der Waals surface area contributed by atoms with E-state index in [0.29, 0.717) is 4.90 Å². The van der Waals surface area contributed by atoms with Gasteiger partial charge in [0.1, 0.15) is 17.7 Å². The highest BCUT2D eigenvalue weighted by atomic mass is 19.3. The van der Waals surface area contributed by atoms with Crippen LogP contribution < -0.4 is 0 Å². The number of imide groups is 1. The SMILES string of the molecule is CC(C)(C)OC(=O)C[C@@H]1C[C@@H](C(=O)N2CC(F)(F)C[C@H]2C#N)N(C(=O)O)C1=O. The van der Waals surface area contributed by atoms with Crippen LogP contribution >= 0.6 is 0 Å². The van der Waals surface area contributed by atoms with Crippen molar-refractivity contribution in [3.05, 3.63) is 0 Å². The molecule has 0 unspecified atom stereocenters. The van der Waals surface area contributed by atoms with Gasteiger partial charge >= 0.3 is 12.1 Å². The van der Waals surface area contributed by atoms with Crippen LogP contribution in [-0.4, -0.2) is 68.9 Å². The van der Waals surface area contributed by atoms with Gasteiger partial charge in [-0.1, -0.05) is 0 Å². The van der Waals surface area contributed by atoms with Gasteiger partial charge in [-0.25, -0.2) is 18.5 Å². The molecule has 3 atom stereocenters. The summed E-state index contributed by atoms with van der Waals surface area (Å²) in [6.07, 6.45) is -3.37. The van der Waals surface area contributed by atoms with Gasteiger partial charge in [-0.05, 0) is 27.2 Å². The third kappa shape index (κ3) is 4.55. The van der Waals surface area contributed by atoms with Crippen molar-refractivity contribution < 1.29 is 37.8 Å². The lowest BCUT2D eigenvalue weighted by molar-refractivity contribution is -0.157. The summed E-state index contributed by atoms with van der Waals surface area (Å²) in [7, 11) is 0. The molecular formula is C17H21F2N3O6. The molecule has 1 N–H and O–H groups in total. The van der Waals surface area contributed by atoms with Crippen LogP contribution in [0.5, 0.6) is 0 Å². The average molecular weight is 401 g/mol. The van der Waals surface area contributed by atoms with Gasteiger partial charge in [-0.15, -0.1) is 0 Å². The minimum absolute atomic E-state index is 0.252. The molecule has 154 valence electrons. The van der Waals surface area contributed by atoms with E-state index < -0.39 is 72.8 Å². The Morgan fingerprint density at radius 3 is 2.46 bits per heavy atom. The number of carbonyl (C=O) groups excluding carboxylic acids is 3. The van der Waals surface area contributed by atoms with E-state index in [4.69, 9.17) is 10.00 Å².